The molecule has 1 aromatic heterocycles. The Bertz CT molecular complexity index is 602. The Balaban J connectivity index is 2.18. The molecule has 104 valence electrons. The molecule has 2 aromatic rings. The van der Waals surface area contributed by atoms with Gasteiger partial charge in [-0.2, -0.15) is 0 Å². The predicted octanol–water partition coefficient (Wildman–Crippen LogP) is 3.78. The van der Waals surface area contributed by atoms with Gasteiger partial charge in [-0.05, 0) is 30.7 Å². The summed E-state index contributed by atoms with van der Waals surface area (Å²) in [5, 5.41) is 2.97. The number of carbonyl (C=O) groups excluding carboxylic acids is 1. The predicted molar refractivity (Wildman–Crippen MR) is 79.4 cm³/mol. The highest BCUT2D eigenvalue weighted by atomic mass is 35.5. The van der Waals surface area contributed by atoms with Crippen molar-refractivity contribution in [3.63, 3.8) is 0 Å². The lowest BCUT2D eigenvalue weighted by atomic mass is 10.2. The summed E-state index contributed by atoms with van der Waals surface area (Å²) in [6.07, 6.45) is 2.44. The molecule has 0 bridgehead atoms. The number of anilines is 1. The molecule has 0 aliphatic heterocycles. The van der Waals surface area contributed by atoms with Crippen molar-refractivity contribution in [2.45, 2.75) is 13.3 Å². The molecule has 0 saturated heterocycles. The topological polar surface area (TPSA) is 51.2 Å². The summed E-state index contributed by atoms with van der Waals surface area (Å²) < 4.78 is 5.59. The van der Waals surface area contributed by atoms with Crippen molar-refractivity contribution in [1.82, 2.24) is 4.98 Å². The zero-order chi connectivity index (χ0) is 14.4. The summed E-state index contributed by atoms with van der Waals surface area (Å²) in [5.74, 6) is 0.332. The van der Waals surface area contributed by atoms with Crippen LogP contribution in [0.5, 0.6) is 5.75 Å². The average Bonchev–Trinajstić information content (AvgIpc) is 2.46. The Morgan fingerprint density at radius 2 is 2.10 bits per heavy atom. The number of amides is 1. The fourth-order valence-corrected chi connectivity index (χ4v) is 1.86. The SMILES string of the molecule is CCCOc1ccccc1NC(=O)c1cccnc1Cl. The summed E-state index contributed by atoms with van der Waals surface area (Å²) in [6, 6.07) is 10.6. The smallest absolute Gasteiger partial charge is 0.258 e. The Kier molecular flexibility index (Phi) is 4.96. The molecule has 2 rings (SSSR count). The van der Waals surface area contributed by atoms with Gasteiger partial charge in [-0.15, -0.1) is 0 Å². The quantitative estimate of drug-likeness (QED) is 0.853. The molecule has 4 nitrogen and oxygen atoms in total. The van der Waals surface area contributed by atoms with Crippen molar-refractivity contribution in [2.75, 3.05) is 11.9 Å². The summed E-state index contributed by atoms with van der Waals surface area (Å²) in [6.45, 7) is 2.62. The van der Waals surface area contributed by atoms with Crippen molar-refractivity contribution < 1.29 is 9.53 Å². The lowest BCUT2D eigenvalue weighted by molar-refractivity contribution is 0.102. The highest BCUT2D eigenvalue weighted by molar-refractivity contribution is 6.33. The van der Waals surface area contributed by atoms with E-state index in [9.17, 15) is 4.79 Å². The molecule has 1 heterocycles. The number of para-hydroxylation sites is 2. The molecule has 0 saturated carbocycles. The standard InChI is InChI=1S/C15H15ClN2O2/c1-2-10-20-13-8-4-3-7-12(13)18-15(19)11-6-5-9-17-14(11)16/h3-9H,2,10H2,1H3,(H,18,19). The monoisotopic (exact) mass is 290 g/mol. The van der Waals surface area contributed by atoms with Crippen LogP contribution in [0.15, 0.2) is 42.6 Å². The fraction of sp³-hybridized carbons (Fsp3) is 0.200. The van der Waals surface area contributed by atoms with E-state index in [-0.39, 0.29) is 11.1 Å². The van der Waals surface area contributed by atoms with Crippen molar-refractivity contribution in [2.24, 2.45) is 0 Å². The van der Waals surface area contributed by atoms with Gasteiger partial charge in [0.05, 0.1) is 17.9 Å². The lowest BCUT2D eigenvalue weighted by Gasteiger charge is -2.12. The van der Waals surface area contributed by atoms with Crippen LogP contribution in [0.2, 0.25) is 5.15 Å². The highest BCUT2D eigenvalue weighted by Crippen LogP contribution is 2.25. The Morgan fingerprint density at radius 3 is 2.85 bits per heavy atom. The zero-order valence-corrected chi connectivity index (χ0v) is 11.9. The third-order valence-electron chi connectivity index (χ3n) is 2.60. The number of nitrogens with zero attached hydrogens (tertiary/aromatic N) is 1. The van der Waals surface area contributed by atoms with E-state index in [1.54, 1.807) is 18.2 Å². The number of carbonyl (C=O) groups is 1. The van der Waals surface area contributed by atoms with E-state index in [4.69, 9.17) is 16.3 Å². The molecule has 1 amide bonds. The first-order valence-electron chi connectivity index (χ1n) is 6.36. The maximum absolute atomic E-state index is 12.2. The third-order valence-corrected chi connectivity index (χ3v) is 2.90. The van der Waals surface area contributed by atoms with E-state index in [0.29, 0.717) is 23.6 Å². The molecule has 0 aliphatic carbocycles. The molecule has 5 heteroatoms. The van der Waals surface area contributed by atoms with Gasteiger partial charge in [-0.1, -0.05) is 30.7 Å². The fourth-order valence-electron chi connectivity index (χ4n) is 1.65. The molecule has 0 spiro atoms. The van der Waals surface area contributed by atoms with Gasteiger partial charge in [-0.25, -0.2) is 4.98 Å². The van der Waals surface area contributed by atoms with Crippen LogP contribution in [0.4, 0.5) is 5.69 Å². The first-order valence-corrected chi connectivity index (χ1v) is 6.74. The lowest BCUT2D eigenvalue weighted by Crippen LogP contribution is -2.14. The Morgan fingerprint density at radius 1 is 1.30 bits per heavy atom. The number of hydrogen-bond donors (Lipinski definition) is 1. The highest BCUT2D eigenvalue weighted by Gasteiger charge is 2.13. The third kappa shape index (κ3) is 3.48. The van der Waals surface area contributed by atoms with Crippen LogP contribution < -0.4 is 10.1 Å². The van der Waals surface area contributed by atoms with E-state index in [0.717, 1.165) is 6.42 Å². The number of aromatic nitrogens is 1. The van der Waals surface area contributed by atoms with Gasteiger partial charge < -0.3 is 10.1 Å². The van der Waals surface area contributed by atoms with Crippen LogP contribution in [0.3, 0.4) is 0 Å². The van der Waals surface area contributed by atoms with Crippen LogP contribution >= 0.6 is 11.6 Å². The minimum atomic E-state index is -0.310. The second kappa shape index (κ2) is 6.91. The average molecular weight is 291 g/mol. The molecule has 20 heavy (non-hydrogen) atoms. The summed E-state index contributed by atoms with van der Waals surface area (Å²) in [5.41, 5.74) is 0.949. The second-order valence-electron chi connectivity index (χ2n) is 4.14. The summed E-state index contributed by atoms with van der Waals surface area (Å²) in [7, 11) is 0. The molecule has 1 aromatic carbocycles. The molecule has 0 aliphatic rings. The molecular formula is C15H15ClN2O2. The van der Waals surface area contributed by atoms with Crippen molar-refractivity contribution in [3.8, 4) is 5.75 Å². The van der Waals surface area contributed by atoms with Crippen molar-refractivity contribution in [1.29, 1.82) is 0 Å². The summed E-state index contributed by atoms with van der Waals surface area (Å²) >= 11 is 5.91. The van der Waals surface area contributed by atoms with E-state index in [2.05, 4.69) is 10.3 Å². The van der Waals surface area contributed by atoms with E-state index in [1.807, 2.05) is 25.1 Å². The van der Waals surface area contributed by atoms with Gasteiger partial charge in [-0.3, -0.25) is 4.79 Å². The number of halogens is 1. The number of pyridine rings is 1. The Hall–Kier alpha value is -2.07. The van der Waals surface area contributed by atoms with Gasteiger partial charge in [0.1, 0.15) is 10.9 Å². The number of rotatable bonds is 5. The van der Waals surface area contributed by atoms with Gasteiger partial charge >= 0.3 is 0 Å². The van der Waals surface area contributed by atoms with Crippen molar-refractivity contribution >= 4 is 23.2 Å². The normalized spacial score (nSPS) is 10.1. The maximum atomic E-state index is 12.2. The van der Waals surface area contributed by atoms with Gasteiger partial charge in [0, 0.05) is 6.20 Å². The minimum absolute atomic E-state index is 0.178. The molecule has 0 unspecified atom stereocenters. The van der Waals surface area contributed by atoms with Crippen LogP contribution in [0.25, 0.3) is 0 Å². The van der Waals surface area contributed by atoms with Gasteiger partial charge in [0.2, 0.25) is 0 Å². The van der Waals surface area contributed by atoms with Gasteiger partial charge in [0.25, 0.3) is 5.91 Å². The first kappa shape index (κ1) is 14.3. The minimum Gasteiger partial charge on any atom is -0.491 e. The largest absolute Gasteiger partial charge is 0.491 e. The summed E-state index contributed by atoms with van der Waals surface area (Å²) in [4.78, 5) is 16.1. The van der Waals surface area contributed by atoms with Gasteiger partial charge in [0.15, 0.2) is 0 Å². The maximum Gasteiger partial charge on any atom is 0.258 e. The van der Waals surface area contributed by atoms with Crippen molar-refractivity contribution in [3.05, 3.63) is 53.3 Å². The molecule has 0 atom stereocenters. The number of benzene rings is 1. The number of nitrogens with one attached hydrogen (secondary N) is 1. The van der Waals surface area contributed by atoms with E-state index >= 15 is 0 Å². The van der Waals surface area contributed by atoms with E-state index in [1.165, 1.54) is 6.20 Å². The second-order valence-corrected chi connectivity index (χ2v) is 4.50. The van der Waals surface area contributed by atoms with E-state index < -0.39 is 0 Å². The molecule has 0 radical (unpaired) electrons. The molecular weight excluding hydrogens is 276 g/mol. The van der Waals surface area contributed by atoms with Crippen LogP contribution in [0, 0.1) is 0 Å². The van der Waals surface area contributed by atoms with Crippen LogP contribution in [0.1, 0.15) is 23.7 Å². The Labute approximate surface area is 122 Å². The number of ether oxygens (including phenoxy) is 1. The zero-order valence-electron chi connectivity index (χ0n) is 11.1. The number of hydrogen-bond acceptors (Lipinski definition) is 3. The first-order chi connectivity index (χ1) is 9.72. The van der Waals surface area contributed by atoms with Crippen LogP contribution in [-0.2, 0) is 0 Å². The molecule has 1 N–H and O–H groups in total. The van der Waals surface area contributed by atoms with Crippen LogP contribution in [-0.4, -0.2) is 17.5 Å². The molecule has 0 fully saturated rings.